The van der Waals surface area contributed by atoms with Crippen LogP contribution in [-0.4, -0.2) is 45.7 Å². The van der Waals surface area contributed by atoms with Crippen molar-refractivity contribution in [1.29, 1.82) is 0 Å². The summed E-state index contributed by atoms with van der Waals surface area (Å²) in [6.07, 6.45) is 5.16. The third-order valence-corrected chi connectivity index (χ3v) is 5.19. The molecular formula is C18H24N4O2. The van der Waals surface area contributed by atoms with Gasteiger partial charge in [0.05, 0.1) is 12.6 Å². The molecule has 1 saturated carbocycles. The summed E-state index contributed by atoms with van der Waals surface area (Å²) < 4.78 is 14.0. The molecule has 2 heterocycles. The van der Waals surface area contributed by atoms with E-state index in [9.17, 15) is 0 Å². The lowest BCUT2D eigenvalue weighted by Crippen LogP contribution is -2.68. The van der Waals surface area contributed by atoms with Crippen LogP contribution in [0.3, 0.4) is 0 Å². The molecule has 0 unspecified atom stereocenters. The van der Waals surface area contributed by atoms with Gasteiger partial charge in [-0.3, -0.25) is 4.57 Å². The molecule has 1 saturated heterocycles. The van der Waals surface area contributed by atoms with Crippen LogP contribution in [0.2, 0.25) is 0 Å². The number of para-hydroxylation sites is 1. The van der Waals surface area contributed by atoms with E-state index in [1.165, 1.54) is 0 Å². The Hall–Kier alpha value is -1.76. The van der Waals surface area contributed by atoms with Gasteiger partial charge < -0.3 is 14.8 Å². The van der Waals surface area contributed by atoms with Crippen LogP contribution in [-0.2, 0) is 16.0 Å². The lowest BCUT2D eigenvalue weighted by atomic mass is 9.70. The van der Waals surface area contributed by atoms with E-state index in [-0.39, 0.29) is 11.7 Å². The number of hydrogen-bond acceptors (Lipinski definition) is 5. The summed E-state index contributed by atoms with van der Waals surface area (Å²) in [6.45, 7) is 4.29. The largest absolute Gasteiger partial charge is 0.375 e. The Labute approximate surface area is 142 Å². The van der Waals surface area contributed by atoms with Crippen molar-refractivity contribution in [3.05, 3.63) is 42.5 Å². The fourth-order valence-electron chi connectivity index (χ4n) is 3.95. The van der Waals surface area contributed by atoms with Gasteiger partial charge in [0.25, 0.3) is 0 Å². The minimum atomic E-state index is -0.145. The average Bonchev–Trinajstić information content (AvgIpc) is 3.29. The maximum atomic E-state index is 6.11. The summed E-state index contributed by atoms with van der Waals surface area (Å²) >= 11 is 0. The van der Waals surface area contributed by atoms with E-state index < -0.39 is 0 Å². The number of aromatic nitrogens is 3. The van der Waals surface area contributed by atoms with Crippen LogP contribution < -0.4 is 5.32 Å². The second kappa shape index (κ2) is 6.63. The first kappa shape index (κ1) is 15.7. The number of nitrogens with zero attached hydrogens (tertiary/aromatic N) is 3. The number of nitrogens with one attached hydrogen (secondary N) is 1. The molecule has 2 aromatic rings. The quantitative estimate of drug-likeness (QED) is 0.880. The van der Waals surface area contributed by atoms with Crippen molar-refractivity contribution >= 4 is 0 Å². The normalized spacial score (nSPS) is 29.0. The minimum Gasteiger partial charge on any atom is -0.375 e. The highest BCUT2D eigenvalue weighted by molar-refractivity contribution is 5.32. The van der Waals surface area contributed by atoms with E-state index in [0.717, 1.165) is 44.0 Å². The van der Waals surface area contributed by atoms with E-state index in [1.54, 1.807) is 6.33 Å². The zero-order valence-electron chi connectivity index (χ0n) is 14.0. The summed E-state index contributed by atoms with van der Waals surface area (Å²) in [5.41, 5.74) is 0.931. The molecule has 1 aromatic heterocycles. The molecule has 2 fully saturated rings. The van der Waals surface area contributed by atoms with E-state index in [4.69, 9.17) is 9.47 Å². The predicted molar refractivity (Wildman–Crippen MR) is 89.9 cm³/mol. The monoisotopic (exact) mass is 328 g/mol. The second-order valence-electron chi connectivity index (χ2n) is 6.47. The summed E-state index contributed by atoms with van der Waals surface area (Å²) in [4.78, 5) is 0. The molecule has 24 heavy (non-hydrogen) atoms. The standard InChI is InChI=1S/C18H24N4O2/c1-2-23-16-11-15(18(16)9-6-10-24-18)19-12-17-21-20-13-22(17)14-7-4-3-5-8-14/h3-5,7-8,13,15-16,19H,2,6,9-12H2,1H3/t15-,16-,18-/m1/s1. The third kappa shape index (κ3) is 2.64. The van der Waals surface area contributed by atoms with Crippen molar-refractivity contribution in [1.82, 2.24) is 20.1 Å². The Morgan fingerprint density at radius 2 is 2.25 bits per heavy atom. The van der Waals surface area contributed by atoms with Crippen LogP contribution in [0.15, 0.2) is 36.7 Å². The highest BCUT2D eigenvalue weighted by Crippen LogP contribution is 2.45. The molecule has 6 nitrogen and oxygen atoms in total. The van der Waals surface area contributed by atoms with Gasteiger partial charge in [-0.25, -0.2) is 0 Å². The first-order valence-electron chi connectivity index (χ1n) is 8.77. The molecular weight excluding hydrogens is 304 g/mol. The maximum Gasteiger partial charge on any atom is 0.151 e. The molecule has 0 bridgehead atoms. The summed E-state index contributed by atoms with van der Waals surface area (Å²) in [5.74, 6) is 0.911. The van der Waals surface area contributed by atoms with Gasteiger partial charge in [-0.05, 0) is 38.3 Å². The van der Waals surface area contributed by atoms with Gasteiger partial charge in [-0.2, -0.15) is 0 Å². The van der Waals surface area contributed by atoms with Crippen LogP contribution in [0.5, 0.6) is 0 Å². The second-order valence-corrected chi connectivity index (χ2v) is 6.47. The van der Waals surface area contributed by atoms with Gasteiger partial charge >= 0.3 is 0 Å². The SMILES string of the molecule is CCO[C@@H]1C[C@@H](NCc2nncn2-c2ccccc2)[C@]12CCCO2. The minimum absolute atomic E-state index is 0.145. The van der Waals surface area contributed by atoms with Crippen LogP contribution in [0, 0.1) is 0 Å². The Kier molecular flexibility index (Phi) is 4.35. The fourth-order valence-corrected chi connectivity index (χ4v) is 3.95. The van der Waals surface area contributed by atoms with Crippen molar-refractivity contribution in [2.24, 2.45) is 0 Å². The zero-order chi connectivity index (χ0) is 16.4. The lowest BCUT2D eigenvalue weighted by Gasteiger charge is -2.52. The third-order valence-electron chi connectivity index (χ3n) is 5.19. The molecule has 6 heteroatoms. The average molecular weight is 328 g/mol. The molecule has 128 valence electrons. The van der Waals surface area contributed by atoms with E-state index in [1.807, 2.05) is 29.7 Å². The van der Waals surface area contributed by atoms with Gasteiger partial charge in [0.2, 0.25) is 0 Å². The number of ether oxygens (including phenoxy) is 2. The van der Waals surface area contributed by atoms with Gasteiger partial charge in [-0.15, -0.1) is 10.2 Å². The van der Waals surface area contributed by atoms with E-state index in [2.05, 4.69) is 27.6 Å². The Morgan fingerprint density at radius 1 is 1.38 bits per heavy atom. The Morgan fingerprint density at radius 3 is 3.00 bits per heavy atom. The fraction of sp³-hybridized carbons (Fsp3) is 0.556. The zero-order valence-corrected chi connectivity index (χ0v) is 14.0. The van der Waals surface area contributed by atoms with E-state index in [0.29, 0.717) is 12.6 Å². The molecule has 3 atom stereocenters. The van der Waals surface area contributed by atoms with Gasteiger partial charge in [0.1, 0.15) is 11.9 Å². The van der Waals surface area contributed by atoms with Gasteiger partial charge in [0, 0.05) is 24.9 Å². The Balaban J connectivity index is 1.44. The topological polar surface area (TPSA) is 61.2 Å². The first-order chi connectivity index (χ1) is 11.8. The van der Waals surface area contributed by atoms with Crippen molar-refractivity contribution in [3.8, 4) is 5.69 Å². The molecule has 1 N–H and O–H groups in total. The van der Waals surface area contributed by atoms with Crippen molar-refractivity contribution in [2.45, 2.75) is 50.5 Å². The molecule has 4 rings (SSSR count). The summed E-state index contributed by atoms with van der Waals surface area (Å²) in [7, 11) is 0. The van der Waals surface area contributed by atoms with Gasteiger partial charge in [-0.1, -0.05) is 18.2 Å². The summed E-state index contributed by atoms with van der Waals surface area (Å²) in [5, 5.41) is 12.0. The first-order valence-corrected chi connectivity index (χ1v) is 8.77. The molecule has 2 aliphatic rings. The Bertz CT molecular complexity index is 667. The van der Waals surface area contributed by atoms with Crippen LogP contribution >= 0.6 is 0 Å². The van der Waals surface area contributed by atoms with Crippen molar-refractivity contribution < 1.29 is 9.47 Å². The van der Waals surface area contributed by atoms with Crippen LogP contribution in [0.25, 0.3) is 5.69 Å². The number of hydrogen-bond donors (Lipinski definition) is 1. The highest BCUT2D eigenvalue weighted by atomic mass is 16.6. The van der Waals surface area contributed by atoms with Crippen molar-refractivity contribution in [2.75, 3.05) is 13.2 Å². The maximum absolute atomic E-state index is 6.11. The summed E-state index contributed by atoms with van der Waals surface area (Å²) in [6, 6.07) is 10.5. The van der Waals surface area contributed by atoms with Crippen molar-refractivity contribution in [3.63, 3.8) is 0 Å². The number of benzene rings is 1. The number of rotatable bonds is 6. The molecule has 0 amide bonds. The smallest absolute Gasteiger partial charge is 0.151 e. The highest BCUT2D eigenvalue weighted by Gasteiger charge is 2.58. The molecule has 1 spiro atoms. The van der Waals surface area contributed by atoms with Gasteiger partial charge in [0.15, 0.2) is 5.82 Å². The molecule has 0 radical (unpaired) electrons. The lowest BCUT2D eigenvalue weighted by molar-refractivity contribution is -0.198. The predicted octanol–water partition coefficient (Wildman–Crippen LogP) is 2.08. The molecule has 1 aromatic carbocycles. The van der Waals surface area contributed by atoms with E-state index >= 15 is 0 Å². The van der Waals surface area contributed by atoms with Crippen LogP contribution in [0.1, 0.15) is 32.0 Å². The van der Waals surface area contributed by atoms with Crippen LogP contribution in [0.4, 0.5) is 0 Å². The molecule has 1 aliphatic heterocycles. The molecule has 1 aliphatic carbocycles.